The fraction of sp³-hybridized carbons (Fsp3) is 0.438. The van der Waals surface area contributed by atoms with Crippen LogP contribution in [0.5, 0.6) is 0 Å². The Balaban J connectivity index is 1.89. The highest BCUT2D eigenvalue weighted by Gasteiger charge is 2.15. The zero-order valence-electron chi connectivity index (χ0n) is 12.7. The van der Waals surface area contributed by atoms with Gasteiger partial charge in [0.25, 0.3) is 0 Å². The highest BCUT2D eigenvalue weighted by molar-refractivity contribution is 7.19. The van der Waals surface area contributed by atoms with E-state index < -0.39 is 6.10 Å². The summed E-state index contributed by atoms with van der Waals surface area (Å²) in [5, 5.41) is 14.6. The van der Waals surface area contributed by atoms with Crippen molar-refractivity contribution < 1.29 is 9.90 Å². The zero-order chi connectivity index (χ0) is 15.4. The van der Waals surface area contributed by atoms with E-state index >= 15 is 0 Å². The summed E-state index contributed by atoms with van der Waals surface area (Å²) in [6, 6.07) is 10.2. The van der Waals surface area contributed by atoms with Gasteiger partial charge in [-0.25, -0.2) is 0 Å². The maximum absolute atomic E-state index is 11.6. The molecule has 1 aromatic carbocycles. The van der Waals surface area contributed by atoms with Crippen LogP contribution < -0.4 is 5.32 Å². The second-order valence-corrected chi connectivity index (χ2v) is 6.62. The fourth-order valence-corrected chi connectivity index (χ4v) is 3.15. The molecule has 2 N–H and O–H groups in total. The van der Waals surface area contributed by atoms with Crippen LogP contribution in [0, 0.1) is 0 Å². The van der Waals surface area contributed by atoms with Crippen molar-refractivity contribution in [2.24, 2.45) is 0 Å². The van der Waals surface area contributed by atoms with Gasteiger partial charge in [0.15, 0.2) is 0 Å². The topological polar surface area (TPSA) is 52.6 Å². The molecule has 0 spiro atoms. The number of nitrogens with zero attached hydrogens (tertiary/aromatic N) is 1. The van der Waals surface area contributed by atoms with Crippen molar-refractivity contribution in [2.45, 2.75) is 25.5 Å². The van der Waals surface area contributed by atoms with Crippen molar-refractivity contribution in [1.82, 2.24) is 10.2 Å². The summed E-state index contributed by atoms with van der Waals surface area (Å²) in [5.41, 5.74) is 0. The number of carbonyl (C=O) groups excluding carboxylic acids is 1. The van der Waals surface area contributed by atoms with Gasteiger partial charge < -0.3 is 15.3 Å². The molecule has 0 aliphatic heterocycles. The Morgan fingerprint density at radius 2 is 2.10 bits per heavy atom. The lowest BCUT2D eigenvalue weighted by Gasteiger charge is -2.18. The van der Waals surface area contributed by atoms with E-state index in [1.165, 1.54) is 4.70 Å². The van der Waals surface area contributed by atoms with E-state index in [4.69, 9.17) is 0 Å². The van der Waals surface area contributed by atoms with Crippen LogP contribution in [0.15, 0.2) is 30.3 Å². The number of fused-ring (bicyclic) bond motifs is 1. The van der Waals surface area contributed by atoms with Crippen molar-refractivity contribution in [2.75, 3.05) is 20.6 Å². The van der Waals surface area contributed by atoms with Gasteiger partial charge in [-0.3, -0.25) is 4.79 Å². The maximum Gasteiger partial charge on any atom is 0.223 e. The molecule has 4 nitrogen and oxygen atoms in total. The van der Waals surface area contributed by atoms with Crippen LogP contribution in [0.25, 0.3) is 10.1 Å². The van der Waals surface area contributed by atoms with Gasteiger partial charge in [0, 0.05) is 42.7 Å². The molecule has 1 amide bonds. The summed E-state index contributed by atoms with van der Waals surface area (Å²) >= 11 is 1.61. The van der Waals surface area contributed by atoms with E-state index in [0.29, 0.717) is 13.0 Å². The lowest BCUT2D eigenvalue weighted by Crippen LogP contribution is -2.35. The molecule has 0 radical (unpaired) electrons. The number of aliphatic hydroxyl groups excluding tert-OH is 1. The second-order valence-electron chi connectivity index (χ2n) is 5.50. The summed E-state index contributed by atoms with van der Waals surface area (Å²) in [5.74, 6) is 0.0892. The first kappa shape index (κ1) is 15.9. The third kappa shape index (κ3) is 4.27. The maximum atomic E-state index is 11.6. The first-order chi connectivity index (χ1) is 9.97. The normalized spacial score (nSPS) is 14.1. The van der Waals surface area contributed by atoms with E-state index in [0.717, 1.165) is 10.3 Å². The molecule has 21 heavy (non-hydrogen) atoms. The SMILES string of the molecule is CC(CC(=O)N(C)C)NCC(O)c1cc2ccccc2s1. The van der Waals surface area contributed by atoms with Crippen LogP contribution in [0.3, 0.4) is 0 Å². The van der Waals surface area contributed by atoms with E-state index in [9.17, 15) is 9.90 Å². The number of rotatable bonds is 6. The lowest BCUT2D eigenvalue weighted by molar-refractivity contribution is -0.129. The highest BCUT2D eigenvalue weighted by Crippen LogP contribution is 2.29. The van der Waals surface area contributed by atoms with Crippen LogP contribution in [-0.2, 0) is 4.79 Å². The van der Waals surface area contributed by atoms with Gasteiger partial charge in [0.05, 0.1) is 0 Å². The molecule has 2 unspecified atom stereocenters. The van der Waals surface area contributed by atoms with Gasteiger partial charge in [-0.2, -0.15) is 0 Å². The average molecular weight is 306 g/mol. The Morgan fingerprint density at radius 3 is 2.76 bits per heavy atom. The van der Waals surface area contributed by atoms with Crippen LogP contribution >= 0.6 is 11.3 Å². The number of thiophene rings is 1. The molecular weight excluding hydrogens is 284 g/mol. The molecule has 1 heterocycles. The van der Waals surface area contributed by atoms with Gasteiger partial charge in [-0.05, 0) is 24.4 Å². The first-order valence-corrected chi connectivity index (χ1v) is 7.89. The van der Waals surface area contributed by atoms with Crippen molar-refractivity contribution in [3.63, 3.8) is 0 Å². The van der Waals surface area contributed by atoms with E-state index in [2.05, 4.69) is 11.4 Å². The minimum absolute atomic E-state index is 0.0453. The molecule has 0 fully saturated rings. The number of hydrogen-bond acceptors (Lipinski definition) is 4. The third-order valence-corrected chi connectivity index (χ3v) is 4.63. The summed E-state index contributed by atoms with van der Waals surface area (Å²) in [6.07, 6.45) is -0.106. The number of amides is 1. The Morgan fingerprint density at radius 1 is 1.38 bits per heavy atom. The van der Waals surface area contributed by atoms with E-state index in [1.54, 1.807) is 30.3 Å². The standard InChI is InChI=1S/C16H22N2O2S/c1-11(8-16(20)18(2)3)17-10-13(19)15-9-12-6-4-5-7-14(12)21-15/h4-7,9,11,13,17,19H,8,10H2,1-3H3. The lowest BCUT2D eigenvalue weighted by atomic mass is 10.2. The summed E-state index contributed by atoms with van der Waals surface area (Å²) in [6.45, 7) is 2.41. The molecule has 5 heteroatoms. The van der Waals surface area contributed by atoms with E-state index in [1.807, 2.05) is 31.2 Å². The number of aliphatic hydroxyl groups is 1. The molecule has 0 aliphatic rings. The van der Waals surface area contributed by atoms with Crippen LogP contribution in [0.2, 0.25) is 0 Å². The minimum atomic E-state index is -0.542. The number of nitrogens with one attached hydrogen (secondary N) is 1. The third-order valence-electron chi connectivity index (χ3n) is 3.41. The van der Waals surface area contributed by atoms with Gasteiger partial charge >= 0.3 is 0 Å². The van der Waals surface area contributed by atoms with Crippen molar-refractivity contribution in [1.29, 1.82) is 0 Å². The van der Waals surface area contributed by atoms with Gasteiger partial charge in [0.1, 0.15) is 6.10 Å². The Labute approximate surface area is 129 Å². The quantitative estimate of drug-likeness (QED) is 0.861. The molecule has 2 aromatic rings. The highest BCUT2D eigenvalue weighted by atomic mass is 32.1. The first-order valence-electron chi connectivity index (χ1n) is 7.07. The van der Waals surface area contributed by atoms with Crippen LogP contribution in [0.1, 0.15) is 24.3 Å². The summed E-state index contributed by atoms with van der Waals surface area (Å²) in [7, 11) is 3.50. The Kier molecular flexibility index (Phi) is 5.33. The largest absolute Gasteiger partial charge is 0.386 e. The number of benzene rings is 1. The molecule has 1 aromatic heterocycles. The Hall–Kier alpha value is -1.43. The predicted molar refractivity (Wildman–Crippen MR) is 87.6 cm³/mol. The summed E-state index contributed by atoms with van der Waals surface area (Å²) in [4.78, 5) is 14.1. The molecule has 2 rings (SSSR count). The average Bonchev–Trinajstić information content (AvgIpc) is 2.88. The number of carbonyl (C=O) groups is 1. The van der Waals surface area contributed by atoms with Gasteiger partial charge in [-0.15, -0.1) is 11.3 Å². The number of hydrogen-bond donors (Lipinski definition) is 2. The molecule has 0 saturated heterocycles. The molecule has 0 aliphatic carbocycles. The smallest absolute Gasteiger partial charge is 0.223 e. The molecule has 114 valence electrons. The Bertz CT molecular complexity index is 576. The van der Waals surface area contributed by atoms with Crippen LogP contribution in [0.4, 0.5) is 0 Å². The van der Waals surface area contributed by atoms with Crippen molar-refractivity contribution in [3.8, 4) is 0 Å². The van der Waals surface area contributed by atoms with Gasteiger partial charge in [-0.1, -0.05) is 18.2 Å². The molecule has 0 bridgehead atoms. The van der Waals surface area contributed by atoms with E-state index in [-0.39, 0.29) is 11.9 Å². The van der Waals surface area contributed by atoms with Crippen molar-refractivity contribution in [3.05, 3.63) is 35.2 Å². The fourth-order valence-electron chi connectivity index (χ4n) is 2.10. The molecular formula is C16H22N2O2S. The zero-order valence-corrected chi connectivity index (χ0v) is 13.5. The minimum Gasteiger partial charge on any atom is -0.386 e. The summed E-state index contributed by atoms with van der Waals surface area (Å²) < 4.78 is 1.18. The van der Waals surface area contributed by atoms with Crippen LogP contribution in [-0.4, -0.2) is 42.6 Å². The van der Waals surface area contributed by atoms with Crippen molar-refractivity contribution >= 4 is 27.3 Å². The second kappa shape index (κ2) is 7.02. The van der Waals surface area contributed by atoms with Gasteiger partial charge in [0.2, 0.25) is 5.91 Å². The molecule has 0 saturated carbocycles. The predicted octanol–water partition coefficient (Wildman–Crippen LogP) is 2.39. The molecule has 2 atom stereocenters. The monoisotopic (exact) mass is 306 g/mol.